The Morgan fingerprint density at radius 1 is 1.11 bits per heavy atom. The molecule has 2 atom stereocenters. The van der Waals surface area contributed by atoms with Gasteiger partial charge in [-0.15, -0.1) is 0 Å². The van der Waals surface area contributed by atoms with Crippen molar-refractivity contribution in [3.63, 3.8) is 0 Å². The van der Waals surface area contributed by atoms with Crippen LogP contribution in [0.15, 0.2) is 36.4 Å². The Labute approximate surface area is 226 Å². The molecule has 0 unspecified atom stereocenters. The Bertz CT molecular complexity index is 1290. The van der Waals surface area contributed by atoms with Gasteiger partial charge in [0.25, 0.3) is 5.69 Å². The average molecular weight is 573 g/mol. The van der Waals surface area contributed by atoms with Crippen LogP contribution in [0.3, 0.4) is 0 Å². The van der Waals surface area contributed by atoms with E-state index in [1.165, 1.54) is 24.0 Å². The van der Waals surface area contributed by atoms with Gasteiger partial charge in [0.2, 0.25) is 21.8 Å². The molecule has 0 aliphatic carbocycles. The maximum atomic E-state index is 13.6. The lowest BCUT2D eigenvalue weighted by Gasteiger charge is -2.32. The number of carbonyl (C=O) groups excluding carboxylic acids is 2. The quantitative estimate of drug-likeness (QED) is 0.315. The summed E-state index contributed by atoms with van der Waals surface area (Å²) in [7, 11) is -4.04. The van der Waals surface area contributed by atoms with E-state index in [4.69, 9.17) is 23.2 Å². The molecule has 0 bridgehead atoms. The molecule has 2 rings (SSSR count). The first kappa shape index (κ1) is 30.3. The van der Waals surface area contributed by atoms with Crippen molar-refractivity contribution in [3.8, 4) is 0 Å². The number of hydrogen-bond donors (Lipinski definition) is 1. The van der Waals surface area contributed by atoms with E-state index in [1.807, 2.05) is 13.8 Å². The number of nitrogens with zero attached hydrogens (tertiary/aromatic N) is 3. The number of carbonyl (C=O) groups is 2. The predicted molar refractivity (Wildman–Crippen MR) is 144 cm³/mol. The van der Waals surface area contributed by atoms with E-state index in [1.54, 1.807) is 25.1 Å². The van der Waals surface area contributed by atoms with Crippen LogP contribution in [-0.4, -0.2) is 54.9 Å². The van der Waals surface area contributed by atoms with Crippen molar-refractivity contribution in [2.45, 2.75) is 52.7 Å². The van der Waals surface area contributed by atoms with Gasteiger partial charge in [0.05, 0.1) is 26.9 Å². The molecule has 2 aromatic carbocycles. The molecule has 0 radical (unpaired) electrons. The summed E-state index contributed by atoms with van der Waals surface area (Å²) in [6.07, 6.45) is 1.58. The van der Waals surface area contributed by atoms with Crippen LogP contribution in [0.4, 0.5) is 11.4 Å². The minimum Gasteiger partial charge on any atom is -0.352 e. The molecular weight excluding hydrogens is 543 g/mol. The van der Waals surface area contributed by atoms with Crippen LogP contribution in [0, 0.1) is 17.0 Å². The van der Waals surface area contributed by atoms with Crippen LogP contribution in [0.25, 0.3) is 0 Å². The minimum atomic E-state index is -4.04. The molecule has 2 amide bonds. The summed E-state index contributed by atoms with van der Waals surface area (Å²) >= 11 is 12.1. The van der Waals surface area contributed by atoms with Crippen molar-refractivity contribution in [1.82, 2.24) is 10.2 Å². The van der Waals surface area contributed by atoms with Gasteiger partial charge < -0.3 is 10.2 Å². The summed E-state index contributed by atoms with van der Waals surface area (Å²) in [6, 6.07) is 7.41. The molecule has 0 fully saturated rings. The van der Waals surface area contributed by atoms with Crippen LogP contribution < -0.4 is 9.62 Å². The third-order valence-corrected chi connectivity index (χ3v) is 7.72. The molecule has 0 aliphatic heterocycles. The third-order valence-electron chi connectivity index (χ3n) is 5.86. The zero-order valence-corrected chi connectivity index (χ0v) is 23.5. The van der Waals surface area contributed by atoms with Crippen molar-refractivity contribution in [1.29, 1.82) is 0 Å². The maximum absolute atomic E-state index is 13.6. The van der Waals surface area contributed by atoms with Crippen molar-refractivity contribution in [2.24, 2.45) is 0 Å². The normalized spacial score (nSPS) is 12.9. The van der Waals surface area contributed by atoms with Crippen molar-refractivity contribution < 1.29 is 22.9 Å². The molecule has 0 saturated heterocycles. The number of aryl methyl sites for hydroxylation is 1. The van der Waals surface area contributed by atoms with Crippen LogP contribution >= 0.6 is 23.2 Å². The first-order chi connectivity index (χ1) is 17.1. The molecule has 2 aromatic rings. The van der Waals surface area contributed by atoms with Gasteiger partial charge in [-0.3, -0.25) is 24.0 Å². The van der Waals surface area contributed by atoms with Gasteiger partial charge in [0.1, 0.15) is 12.6 Å². The molecule has 1 N–H and O–H groups in total. The standard InChI is InChI=1S/C24H30Cl2N4O6S/c1-6-16(3)27-24(32)17(4)28(13-18-8-10-20(25)21(26)11-18)23(31)14-29(37(5,35)36)22-12-19(30(33)34)9-7-15(22)2/h7-12,16-17H,6,13-14H2,1-5H3,(H,27,32)/t16-,17+/m1/s1. The van der Waals surface area contributed by atoms with Gasteiger partial charge in [-0.2, -0.15) is 0 Å². The van der Waals surface area contributed by atoms with Gasteiger partial charge >= 0.3 is 0 Å². The van der Waals surface area contributed by atoms with E-state index in [0.29, 0.717) is 22.6 Å². The zero-order chi connectivity index (χ0) is 28.1. The molecule has 0 aliphatic rings. The van der Waals surface area contributed by atoms with E-state index in [0.717, 1.165) is 16.6 Å². The molecular formula is C24H30Cl2N4O6S. The number of non-ortho nitro benzene ring substituents is 1. The summed E-state index contributed by atoms with van der Waals surface area (Å²) in [6.45, 7) is 6.11. The van der Waals surface area contributed by atoms with Crippen LogP contribution in [0.1, 0.15) is 38.3 Å². The van der Waals surface area contributed by atoms with Gasteiger partial charge in [-0.05, 0) is 50.5 Å². The summed E-state index contributed by atoms with van der Waals surface area (Å²) in [4.78, 5) is 38.4. The number of rotatable bonds is 11. The highest BCUT2D eigenvalue weighted by Crippen LogP contribution is 2.28. The lowest BCUT2D eigenvalue weighted by molar-refractivity contribution is -0.384. The summed E-state index contributed by atoms with van der Waals surface area (Å²) in [5, 5.41) is 14.7. The number of sulfonamides is 1. The van der Waals surface area contributed by atoms with Crippen molar-refractivity contribution in [2.75, 3.05) is 17.1 Å². The molecule has 37 heavy (non-hydrogen) atoms. The monoisotopic (exact) mass is 572 g/mol. The van der Waals surface area contributed by atoms with Crippen LogP contribution in [0.5, 0.6) is 0 Å². The Balaban J connectivity index is 2.50. The fourth-order valence-electron chi connectivity index (χ4n) is 3.46. The second-order valence-corrected chi connectivity index (χ2v) is 11.5. The van der Waals surface area contributed by atoms with Crippen molar-refractivity contribution >= 4 is 56.4 Å². The number of benzene rings is 2. The molecule has 13 heteroatoms. The Morgan fingerprint density at radius 3 is 2.30 bits per heavy atom. The van der Waals surface area contributed by atoms with Crippen LogP contribution in [-0.2, 0) is 26.2 Å². The Hall–Kier alpha value is -2.89. The fourth-order valence-corrected chi connectivity index (χ4v) is 4.68. The zero-order valence-electron chi connectivity index (χ0n) is 21.2. The molecule has 0 spiro atoms. The van der Waals surface area contributed by atoms with Crippen molar-refractivity contribution in [3.05, 3.63) is 67.7 Å². The number of nitrogens with one attached hydrogen (secondary N) is 1. The fraction of sp³-hybridized carbons (Fsp3) is 0.417. The molecule has 202 valence electrons. The topological polar surface area (TPSA) is 130 Å². The summed E-state index contributed by atoms with van der Waals surface area (Å²) < 4.78 is 26.3. The Kier molecular flexibility index (Phi) is 10.3. The maximum Gasteiger partial charge on any atom is 0.271 e. The summed E-state index contributed by atoms with van der Waals surface area (Å²) in [5.41, 5.74) is 0.665. The van der Waals surface area contributed by atoms with Crippen LogP contribution in [0.2, 0.25) is 10.0 Å². The molecule has 0 saturated carbocycles. The lowest BCUT2D eigenvalue weighted by Crippen LogP contribution is -2.52. The smallest absolute Gasteiger partial charge is 0.271 e. The number of nitro groups is 1. The number of nitro benzene ring substituents is 1. The first-order valence-corrected chi connectivity index (χ1v) is 14.0. The average Bonchev–Trinajstić information content (AvgIpc) is 2.82. The van der Waals surface area contributed by atoms with Gasteiger partial charge in [-0.1, -0.05) is 42.3 Å². The summed E-state index contributed by atoms with van der Waals surface area (Å²) in [5.74, 6) is -1.10. The number of amides is 2. The highest BCUT2D eigenvalue weighted by Gasteiger charge is 2.31. The molecule has 0 aromatic heterocycles. The Morgan fingerprint density at radius 2 is 1.76 bits per heavy atom. The first-order valence-electron chi connectivity index (χ1n) is 11.4. The van der Waals surface area contributed by atoms with Gasteiger partial charge in [-0.25, -0.2) is 8.42 Å². The highest BCUT2D eigenvalue weighted by atomic mass is 35.5. The highest BCUT2D eigenvalue weighted by molar-refractivity contribution is 7.92. The number of halogens is 2. The SMILES string of the molecule is CC[C@@H](C)NC(=O)[C@H](C)N(Cc1ccc(Cl)c(Cl)c1)C(=O)CN(c1cc([N+](=O)[O-])ccc1C)S(C)(=O)=O. The van der Waals surface area contributed by atoms with Gasteiger partial charge in [0.15, 0.2) is 0 Å². The molecule has 0 heterocycles. The third kappa shape index (κ3) is 8.05. The predicted octanol–water partition coefficient (Wildman–Crippen LogP) is 4.31. The van der Waals surface area contributed by atoms with Gasteiger partial charge in [0, 0.05) is 24.7 Å². The lowest BCUT2D eigenvalue weighted by atomic mass is 10.1. The van der Waals surface area contributed by atoms with E-state index in [9.17, 15) is 28.1 Å². The van der Waals surface area contributed by atoms with E-state index in [-0.39, 0.29) is 29.0 Å². The largest absolute Gasteiger partial charge is 0.352 e. The van der Waals surface area contributed by atoms with E-state index in [2.05, 4.69) is 5.32 Å². The number of hydrogen-bond acceptors (Lipinski definition) is 6. The number of anilines is 1. The molecule has 10 nitrogen and oxygen atoms in total. The van der Waals surface area contributed by atoms with E-state index < -0.39 is 39.3 Å². The second-order valence-electron chi connectivity index (χ2n) is 8.76. The minimum absolute atomic E-state index is 0.00347. The second kappa shape index (κ2) is 12.6. The van der Waals surface area contributed by atoms with E-state index >= 15 is 0 Å².